The van der Waals surface area contributed by atoms with Crippen molar-refractivity contribution in [1.29, 1.82) is 0 Å². The Morgan fingerprint density at radius 2 is 1.48 bits per heavy atom. The molecule has 4 N–H and O–H groups in total. The molecule has 0 saturated heterocycles. The molecule has 4 unspecified atom stereocenters. The maximum absolute atomic E-state index is 14.7. The zero-order valence-electron chi connectivity index (χ0n) is 39.2. The van der Waals surface area contributed by atoms with E-state index >= 15 is 0 Å². The number of anilines is 1. The monoisotopic (exact) mass is 891 g/mol. The Hall–Kier alpha value is -3.86. The molecular weight excluding hydrogens is 813 g/mol. The third-order valence-corrected chi connectivity index (χ3v) is 10.6. The van der Waals surface area contributed by atoms with Crippen LogP contribution in [0.1, 0.15) is 119 Å². The van der Waals surface area contributed by atoms with Crippen LogP contribution in [0.15, 0.2) is 48.7 Å². The van der Waals surface area contributed by atoms with Gasteiger partial charge in [0.15, 0.2) is 0 Å². The molecule has 346 valence electrons. The van der Waals surface area contributed by atoms with Gasteiger partial charge in [0.25, 0.3) is 5.91 Å². The summed E-state index contributed by atoms with van der Waals surface area (Å²) in [5, 5.41) is 13.1. The molecule has 0 bridgehead atoms. The number of rotatable bonds is 21. The van der Waals surface area contributed by atoms with E-state index in [9.17, 15) is 24.0 Å². The van der Waals surface area contributed by atoms with E-state index in [2.05, 4.69) is 40.1 Å². The predicted molar refractivity (Wildman–Crippen MR) is 254 cm³/mol. The van der Waals surface area contributed by atoms with Gasteiger partial charge in [-0.25, -0.2) is 14.1 Å². The molecule has 3 rings (SSSR count). The van der Waals surface area contributed by atoms with Crippen LogP contribution in [0.2, 0.25) is 0 Å². The number of hydrogen-bond donors (Lipinski definition) is 4. The Morgan fingerprint density at radius 3 is 1.97 bits per heavy atom. The number of benzene rings is 1. The number of nitrogens with one attached hydrogen (secondary N) is 4. The standard InChI is InChI=1S/C40H62N8O6S.C3H8.C2H6.H2S/c1-10-14-21-30(35(49)37(51)41-12-3)43-36(50)31(11-2)48(13-4)38(52)34(29-24-27-19-15-16-20-28(27)25-29)45-39(53)44-32(40(5,6)7)26-46(8)54-55-47(9)33-22-17-18-23-42-33;1-3-2;1-2;/h15-20,22-23,29-32,34H,10-14,21,24-26H2,1-9H3,(H,41,51)(H,43,50)(H2,44,45,53);3H2,1-2H3;1-2H3;1H2. The fourth-order valence-corrected chi connectivity index (χ4v) is 7.13. The maximum Gasteiger partial charge on any atom is 0.315 e. The molecule has 1 aromatic heterocycles. The van der Waals surface area contributed by atoms with Gasteiger partial charge in [-0.05, 0) is 74.1 Å². The minimum Gasteiger partial charge on any atom is -0.350 e. The van der Waals surface area contributed by atoms with Gasteiger partial charge in [0.2, 0.25) is 17.6 Å². The van der Waals surface area contributed by atoms with E-state index < -0.39 is 53.2 Å². The van der Waals surface area contributed by atoms with Crippen molar-refractivity contribution in [1.82, 2.24) is 36.2 Å². The van der Waals surface area contributed by atoms with Crippen LogP contribution in [0, 0.1) is 11.3 Å². The summed E-state index contributed by atoms with van der Waals surface area (Å²) >= 11 is 1.11. The number of carbonyl (C=O) groups is 5. The van der Waals surface area contributed by atoms with Gasteiger partial charge in [-0.1, -0.05) is 112 Å². The number of amides is 5. The van der Waals surface area contributed by atoms with E-state index in [4.69, 9.17) is 4.28 Å². The fraction of sp³-hybridized carbons (Fsp3) is 0.644. The lowest BCUT2D eigenvalue weighted by molar-refractivity contribution is -0.144. The van der Waals surface area contributed by atoms with Gasteiger partial charge in [0.05, 0.1) is 12.1 Å². The molecule has 4 atom stereocenters. The number of urea groups is 1. The van der Waals surface area contributed by atoms with E-state index in [1.54, 1.807) is 43.4 Å². The highest BCUT2D eigenvalue weighted by Gasteiger charge is 2.41. The maximum atomic E-state index is 14.7. The number of fused-ring (bicyclic) bond motifs is 1. The first-order valence-electron chi connectivity index (χ1n) is 21.8. The van der Waals surface area contributed by atoms with Gasteiger partial charge in [-0.2, -0.15) is 18.6 Å². The van der Waals surface area contributed by atoms with Crippen molar-refractivity contribution in [3.8, 4) is 0 Å². The number of hydroxylamine groups is 2. The first kappa shape index (κ1) is 57.1. The number of likely N-dealkylation sites (N-methyl/N-ethyl adjacent to an activating group) is 3. The van der Waals surface area contributed by atoms with Gasteiger partial charge < -0.3 is 26.2 Å². The van der Waals surface area contributed by atoms with Crippen molar-refractivity contribution in [2.45, 2.75) is 145 Å². The van der Waals surface area contributed by atoms with Crippen molar-refractivity contribution in [2.24, 2.45) is 11.3 Å². The average Bonchev–Trinajstić information content (AvgIpc) is 3.67. The summed E-state index contributed by atoms with van der Waals surface area (Å²) in [5.41, 5.74) is 1.83. The third-order valence-electron chi connectivity index (χ3n) is 9.87. The zero-order chi connectivity index (χ0) is 45.4. The van der Waals surface area contributed by atoms with Gasteiger partial charge in [-0.15, -0.1) is 0 Å². The Balaban J connectivity index is 0.00000573. The molecule has 61 heavy (non-hydrogen) atoms. The fourth-order valence-electron chi connectivity index (χ4n) is 6.67. The summed E-state index contributed by atoms with van der Waals surface area (Å²) in [6.07, 6.45) is 6.07. The van der Waals surface area contributed by atoms with Gasteiger partial charge in [-0.3, -0.25) is 23.5 Å². The van der Waals surface area contributed by atoms with Crippen molar-refractivity contribution in [2.75, 3.05) is 38.0 Å². The topological polar surface area (TPSA) is 165 Å². The Morgan fingerprint density at radius 1 is 0.885 bits per heavy atom. The molecule has 2 aromatic rings. The molecule has 1 aliphatic rings. The predicted octanol–water partition coefficient (Wildman–Crippen LogP) is 7.00. The van der Waals surface area contributed by atoms with Crippen molar-refractivity contribution < 1.29 is 28.3 Å². The molecule has 0 aliphatic heterocycles. The van der Waals surface area contributed by atoms with E-state index in [0.29, 0.717) is 32.2 Å². The molecule has 0 spiro atoms. The van der Waals surface area contributed by atoms with E-state index in [0.717, 1.165) is 35.6 Å². The summed E-state index contributed by atoms with van der Waals surface area (Å²) in [7, 11) is 3.63. The minimum atomic E-state index is -1.02. The highest BCUT2D eigenvalue weighted by atomic mass is 32.2. The Kier molecular flexibility index (Phi) is 28.3. The largest absolute Gasteiger partial charge is 0.350 e. The molecule has 16 heteroatoms. The average molecular weight is 891 g/mol. The minimum absolute atomic E-state index is 0. The number of aromatic nitrogens is 1. The second-order valence-corrected chi connectivity index (χ2v) is 16.6. The first-order chi connectivity index (χ1) is 28.6. The number of pyridine rings is 1. The van der Waals surface area contributed by atoms with Gasteiger partial charge >= 0.3 is 6.03 Å². The molecule has 1 heterocycles. The molecule has 1 aliphatic carbocycles. The van der Waals surface area contributed by atoms with Crippen LogP contribution in [0.3, 0.4) is 0 Å². The molecule has 0 saturated carbocycles. The number of hydrogen-bond acceptors (Lipinski definition) is 10. The second kappa shape index (κ2) is 30.2. The lowest BCUT2D eigenvalue weighted by Crippen LogP contribution is -2.61. The first-order valence-corrected chi connectivity index (χ1v) is 22.5. The van der Waals surface area contributed by atoms with Crippen LogP contribution in [0.5, 0.6) is 0 Å². The molecule has 14 nitrogen and oxygen atoms in total. The highest BCUT2D eigenvalue weighted by molar-refractivity contribution is 7.96. The molecule has 1 aromatic carbocycles. The smallest absolute Gasteiger partial charge is 0.315 e. The van der Waals surface area contributed by atoms with Crippen LogP contribution in [0.25, 0.3) is 0 Å². The van der Waals surface area contributed by atoms with Crippen LogP contribution in [-0.2, 0) is 36.3 Å². The molecule has 5 amide bonds. The van der Waals surface area contributed by atoms with Crippen LogP contribution in [0.4, 0.5) is 10.6 Å². The van der Waals surface area contributed by atoms with E-state index in [1.807, 2.05) is 91.1 Å². The van der Waals surface area contributed by atoms with E-state index in [1.165, 1.54) is 11.3 Å². The Labute approximate surface area is 378 Å². The second-order valence-electron chi connectivity index (χ2n) is 15.8. The normalized spacial score (nSPS) is 13.9. The molecule has 0 fully saturated rings. The van der Waals surface area contributed by atoms with E-state index in [-0.39, 0.29) is 44.8 Å². The lowest BCUT2D eigenvalue weighted by atomic mass is 9.86. The Bertz CT molecular complexity index is 1570. The number of unbranched alkanes of at least 4 members (excludes halogenated alkanes) is 1. The molecular formula is C45H78N8O6S2. The van der Waals surface area contributed by atoms with Crippen molar-refractivity contribution in [3.63, 3.8) is 0 Å². The third kappa shape index (κ3) is 19.0. The number of ketones is 1. The highest BCUT2D eigenvalue weighted by Crippen LogP contribution is 2.30. The summed E-state index contributed by atoms with van der Waals surface area (Å²) in [4.78, 5) is 73.9. The number of nitrogens with zero attached hydrogens (tertiary/aromatic N) is 4. The summed E-state index contributed by atoms with van der Waals surface area (Å²) in [6, 6.07) is 9.78. The summed E-state index contributed by atoms with van der Waals surface area (Å²) in [5.74, 6) is -1.91. The summed E-state index contributed by atoms with van der Waals surface area (Å²) < 4.78 is 7.71. The van der Waals surface area contributed by atoms with Crippen molar-refractivity contribution in [3.05, 3.63) is 59.8 Å². The van der Waals surface area contributed by atoms with Crippen LogP contribution < -0.4 is 25.6 Å². The summed E-state index contributed by atoms with van der Waals surface area (Å²) in [6.45, 7) is 22.4. The molecule has 0 radical (unpaired) electrons. The quantitative estimate of drug-likeness (QED) is 0.0444. The van der Waals surface area contributed by atoms with Gasteiger partial charge in [0, 0.05) is 39.9 Å². The van der Waals surface area contributed by atoms with Crippen molar-refractivity contribution >= 4 is 61.1 Å². The van der Waals surface area contributed by atoms with Crippen LogP contribution >= 0.6 is 25.7 Å². The number of carbonyl (C=O) groups excluding carboxylic acids is 5. The lowest BCUT2D eigenvalue weighted by Gasteiger charge is -2.37. The number of Topliss-reactive ketones (excluding diaryl/α,β-unsaturated/α-hetero) is 1. The SMILES string of the molecule is CC.CCC.CCCCC(NC(=O)C(CC)N(CC)C(=O)C(NC(=O)NC(CN(C)OSN(C)c1ccccn1)C(C)(C)C)C1Cc2ccccc2C1)C(=O)C(=O)NCC.S. The van der Waals surface area contributed by atoms with Crippen LogP contribution in [-0.4, -0.2) is 102 Å². The zero-order valence-corrected chi connectivity index (χ0v) is 41.0. The van der Waals surface area contributed by atoms with Gasteiger partial charge in [0.1, 0.15) is 30.1 Å².